The molecule has 1 aliphatic rings. The molecule has 32 heavy (non-hydrogen) atoms. The van der Waals surface area contributed by atoms with Crippen LogP contribution < -0.4 is 9.62 Å². The quantitative estimate of drug-likeness (QED) is 0.631. The van der Waals surface area contributed by atoms with Crippen LogP contribution in [0.5, 0.6) is 0 Å². The Morgan fingerprint density at radius 2 is 1.56 bits per heavy atom. The summed E-state index contributed by atoms with van der Waals surface area (Å²) in [4.78, 5) is 37.2. The highest BCUT2D eigenvalue weighted by Crippen LogP contribution is 2.25. The molecule has 1 amide bonds. The van der Waals surface area contributed by atoms with Crippen LogP contribution in [0.15, 0.2) is 42.5 Å². The van der Waals surface area contributed by atoms with Crippen LogP contribution in [0.25, 0.3) is 0 Å². The van der Waals surface area contributed by atoms with Gasteiger partial charge in [-0.25, -0.2) is 18.0 Å². The molecule has 2 aromatic carbocycles. The average Bonchev–Trinajstić information content (AvgIpc) is 3.13. The van der Waals surface area contributed by atoms with Crippen LogP contribution in [0.1, 0.15) is 51.3 Å². The maximum absolute atomic E-state index is 12.8. The van der Waals surface area contributed by atoms with Crippen LogP contribution in [0.3, 0.4) is 0 Å². The molecule has 0 spiro atoms. The lowest BCUT2D eigenvalue weighted by atomic mass is 10.1. The number of rotatable bonds is 7. The summed E-state index contributed by atoms with van der Waals surface area (Å²) >= 11 is 0. The van der Waals surface area contributed by atoms with Crippen molar-refractivity contribution in [1.29, 1.82) is 0 Å². The van der Waals surface area contributed by atoms with E-state index in [1.807, 2.05) is 0 Å². The van der Waals surface area contributed by atoms with E-state index in [9.17, 15) is 22.8 Å². The zero-order valence-corrected chi connectivity index (χ0v) is 18.6. The number of carbonyl (C=O) groups is 3. The summed E-state index contributed by atoms with van der Waals surface area (Å²) in [6.45, 7) is 3.97. The van der Waals surface area contributed by atoms with E-state index >= 15 is 0 Å². The summed E-state index contributed by atoms with van der Waals surface area (Å²) < 4.78 is 35.6. The van der Waals surface area contributed by atoms with E-state index in [-0.39, 0.29) is 41.3 Å². The van der Waals surface area contributed by atoms with Crippen LogP contribution in [0, 0.1) is 0 Å². The molecule has 1 aliphatic heterocycles. The van der Waals surface area contributed by atoms with E-state index < -0.39 is 27.9 Å². The van der Waals surface area contributed by atoms with Crippen LogP contribution in [0.2, 0.25) is 0 Å². The first-order chi connectivity index (χ1) is 15.2. The van der Waals surface area contributed by atoms with Gasteiger partial charge in [-0.1, -0.05) is 6.07 Å². The second-order valence-electron chi connectivity index (χ2n) is 6.99. The Morgan fingerprint density at radius 3 is 2.09 bits per heavy atom. The highest BCUT2D eigenvalue weighted by Gasteiger charge is 2.28. The number of nitrogens with one attached hydrogen (secondary N) is 1. The summed E-state index contributed by atoms with van der Waals surface area (Å²) in [6.07, 6.45) is 0.524. The van der Waals surface area contributed by atoms with Gasteiger partial charge in [-0.2, -0.15) is 0 Å². The monoisotopic (exact) mass is 460 g/mol. The predicted molar refractivity (Wildman–Crippen MR) is 119 cm³/mol. The average molecular weight is 461 g/mol. The molecule has 0 bridgehead atoms. The Hall–Kier alpha value is -3.40. The second kappa shape index (κ2) is 9.82. The topological polar surface area (TPSA) is 119 Å². The number of hydrogen-bond acceptors (Lipinski definition) is 7. The molecule has 1 N–H and O–H groups in total. The van der Waals surface area contributed by atoms with Gasteiger partial charge in [0.25, 0.3) is 5.91 Å². The third kappa shape index (κ3) is 5.25. The predicted octanol–water partition coefficient (Wildman–Crippen LogP) is 2.83. The van der Waals surface area contributed by atoms with E-state index in [0.29, 0.717) is 18.7 Å². The standard InChI is InChI=1S/C22H24N2O7S/c1-3-30-21(26)16-11-17(22(27)31-4-2)13-18(12-16)23-20(25)15-7-5-8-19(14-15)24-9-6-10-32(24,28)29/h5,7-8,11-14H,3-4,6,9-10H2,1-2H3,(H,23,25). The van der Waals surface area contributed by atoms with Gasteiger partial charge < -0.3 is 14.8 Å². The van der Waals surface area contributed by atoms with E-state index in [1.54, 1.807) is 32.0 Å². The SMILES string of the molecule is CCOC(=O)c1cc(NC(=O)c2cccc(N3CCCS3(=O)=O)c2)cc(C(=O)OCC)c1. The van der Waals surface area contributed by atoms with Crippen LogP contribution in [0.4, 0.5) is 11.4 Å². The van der Waals surface area contributed by atoms with E-state index in [1.165, 1.54) is 28.6 Å². The molecule has 1 heterocycles. The Labute approximate surface area is 186 Å². The number of nitrogens with zero attached hydrogens (tertiary/aromatic N) is 1. The first-order valence-corrected chi connectivity index (χ1v) is 11.8. The Bertz CT molecular complexity index is 1110. The van der Waals surface area contributed by atoms with Crippen LogP contribution in [-0.2, 0) is 19.5 Å². The molecule has 0 saturated carbocycles. The van der Waals surface area contributed by atoms with Crippen molar-refractivity contribution in [2.75, 3.05) is 35.1 Å². The highest BCUT2D eigenvalue weighted by molar-refractivity contribution is 7.93. The number of amides is 1. The molecule has 1 fully saturated rings. The maximum Gasteiger partial charge on any atom is 0.338 e. The fourth-order valence-corrected chi connectivity index (χ4v) is 4.86. The number of sulfonamides is 1. The number of benzene rings is 2. The number of anilines is 2. The first kappa shape index (κ1) is 23.3. The number of hydrogen-bond donors (Lipinski definition) is 1. The van der Waals surface area contributed by atoms with Crippen LogP contribution >= 0.6 is 0 Å². The molecular formula is C22H24N2O7S. The molecule has 170 valence electrons. The fourth-order valence-electron chi connectivity index (χ4n) is 3.30. The van der Waals surface area contributed by atoms with Gasteiger partial charge >= 0.3 is 11.9 Å². The molecule has 0 radical (unpaired) electrons. The van der Waals surface area contributed by atoms with Crippen molar-refractivity contribution >= 4 is 39.2 Å². The van der Waals surface area contributed by atoms with Crippen molar-refractivity contribution in [3.8, 4) is 0 Å². The van der Waals surface area contributed by atoms with E-state index in [0.717, 1.165) is 0 Å². The minimum Gasteiger partial charge on any atom is -0.462 e. The van der Waals surface area contributed by atoms with Crippen molar-refractivity contribution in [3.05, 3.63) is 59.2 Å². The van der Waals surface area contributed by atoms with Crippen molar-refractivity contribution in [3.63, 3.8) is 0 Å². The van der Waals surface area contributed by atoms with Gasteiger partial charge in [-0.15, -0.1) is 0 Å². The molecule has 2 aromatic rings. The summed E-state index contributed by atoms with van der Waals surface area (Å²) in [7, 11) is -3.38. The zero-order valence-electron chi connectivity index (χ0n) is 17.8. The number of esters is 2. The summed E-state index contributed by atoms with van der Waals surface area (Å²) in [6, 6.07) is 10.4. The molecule has 0 unspecified atom stereocenters. The lowest BCUT2D eigenvalue weighted by Crippen LogP contribution is -2.25. The number of carbonyl (C=O) groups excluding carboxylic acids is 3. The smallest absolute Gasteiger partial charge is 0.338 e. The van der Waals surface area contributed by atoms with Crippen molar-refractivity contribution in [2.24, 2.45) is 0 Å². The first-order valence-electron chi connectivity index (χ1n) is 10.2. The van der Waals surface area contributed by atoms with Crippen LogP contribution in [-0.4, -0.2) is 51.8 Å². The third-order valence-corrected chi connectivity index (χ3v) is 6.58. The minimum absolute atomic E-state index is 0.0702. The Morgan fingerprint density at radius 1 is 0.938 bits per heavy atom. The maximum atomic E-state index is 12.8. The van der Waals surface area contributed by atoms with Gasteiger partial charge in [0.15, 0.2) is 0 Å². The van der Waals surface area contributed by atoms with E-state index in [2.05, 4.69) is 5.32 Å². The van der Waals surface area contributed by atoms with Gasteiger partial charge in [-0.05, 0) is 56.7 Å². The lowest BCUT2D eigenvalue weighted by molar-refractivity contribution is 0.0525. The highest BCUT2D eigenvalue weighted by atomic mass is 32.2. The Kier molecular flexibility index (Phi) is 7.14. The molecule has 9 nitrogen and oxygen atoms in total. The van der Waals surface area contributed by atoms with Crippen molar-refractivity contribution in [1.82, 2.24) is 0 Å². The lowest BCUT2D eigenvalue weighted by Gasteiger charge is -2.17. The van der Waals surface area contributed by atoms with Gasteiger partial charge in [-0.3, -0.25) is 9.10 Å². The molecule has 0 aliphatic carbocycles. The van der Waals surface area contributed by atoms with Gasteiger partial charge in [0.1, 0.15) is 0 Å². The molecule has 1 saturated heterocycles. The fraction of sp³-hybridized carbons (Fsp3) is 0.318. The largest absolute Gasteiger partial charge is 0.462 e. The normalized spacial score (nSPS) is 14.6. The van der Waals surface area contributed by atoms with Crippen molar-refractivity contribution in [2.45, 2.75) is 20.3 Å². The zero-order chi connectivity index (χ0) is 23.3. The Balaban J connectivity index is 1.89. The van der Waals surface area contributed by atoms with Gasteiger partial charge in [0, 0.05) is 17.8 Å². The molecule has 10 heteroatoms. The summed E-state index contributed by atoms with van der Waals surface area (Å²) in [5.41, 5.74) is 1.00. The second-order valence-corrected chi connectivity index (χ2v) is 9.00. The van der Waals surface area contributed by atoms with Crippen molar-refractivity contribution < 1.29 is 32.3 Å². The molecule has 0 aromatic heterocycles. The van der Waals surface area contributed by atoms with Gasteiger partial charge in [0.2, 0.25) is 10.0 Å². The summed E-state index contributed by atoms with van der Waals surface area (Å²) in [5, 5.41) is 2.65. The minimum atomic E-state index is -3.38. The van der Waals surface area contributed by atoms with Gasteiger partial charge in [0.05, 0.1) is 35.8 Å². The number of ether oxygens (including phenoxy) is 2. The molecule has 0 atom stereocenters. The molecule has 3 rings (SSSR count). The molecular weight excluding hydrogens is 436 g/mol. The summed E-state index contributed by atoms with van der Waals surface area (Å²) in [5.74, 6) is -1.74. The third-order valence-electron chi connectivity index (χ3n) is 4.71. The van der Waals surface area contributed by atoms with E-state index in [4.69, 9.17) is 9.47 Å².